The summed E-state index contributed by atoms with van der Waals surface area (Å²) in [6, 6.07) is 0. The van der Waals surface area contributed by atoms with Crippen LogP contribution < -0.4 is 0 Å². The van der Waals surface area contributed by atoms with Crippen molar-refractivity contribution in [3.8, 4) is 0 Å². The molecule has 0 bridgehead atoms. The minimum absolute atomic E-state index is 0. The van der Waals surface area contributed by atoms with Crippen LogP contribution in [-0.2, 0) is 67.7 Å². The van der Waals surface area contributed by atoms with Gasteiger partial charge in [0.15, 0.2) is 0 Å². The van der Waals surface area contributed by atoms with Crippen LogP contribution in [0.1, 0.15) is 0 Å². The molecule has 0 aliphatic rings. The molecule has 0 fully saturated rings. The van der Waals surface area contributed by atoms with Crippen LogP contribution in [0.15, 0.2) is 0 Å². The Hall–Kier alpha value is -1.93. The van der Waals surface area contributed by atoms with Gasteiger partial charge < -0.3 is 59.4 Å². The van der Waals surface area contributed by atoms with Gasteiger partial charge in [0, 0.05) is 0 Å². The van der Waals surface area contributed by atoms with E-state index < -0.39 is 0 Å². The van der Waals surface area contributed by atoms with Gasteiger partial charge in [0.05, 0.1) is 0 Å². The van der Waals surface area contributed by atoms with E-state index in [1.54, 1.807) is 0 Å². The van der Waals surface area contributed by atoms with Gasteiger partial charge in [0.2, 0.25) is 0 Å². The Bertz CT molecular complexity index is 117. The monoisotopic (exact) mass is 476 g/mol. The Balaban J connectivity index is -0.0000000141. The molecule has 0 rings (SSSR count). The fourth-order valence-corrected chi connectivity index (χ4v) is 0. The van der Waals surface area contributed by atoms with Gasteiger partial charge in [0.25, 0.3) is 0 Å². The summed E-state index contributed by atoms with van der Waals surface area (Å²) in [6.45, 7) is 3.00. The summed E-state index contributed by atoms with van der Waals surface area (Å²) in [5.74, 6) is 0. The van der Waals surface area contributed by atoms with Gasteiger partial charge in [-0.3, -0.25) is 0 Å². The van der Waals surface area contributed by atoms with Crippen molar-refractivity contribution in [1.29, 1.82) is 0 Å². The first-order valence-electron chi connectivity index (χ1n) is 2.57. The van der Waals surface area contributed by atoms with E-state index in [1.165, 1.54) is 0 Å². The molecule has 0 aliphatic carbocycles. The van der Waals surface area contributed by atoms with Crippen molar-refractivity contribution in [2.45, 2.75) is 0 Å². The molecule has 0 aliphatic heterocycles. The minimum Gasteiger partial charge on any atom is -0.665 e. The second-order valence-electron chi connectivity index (χ2n) is 0.548. The standard InChI is InChI=1S/6CHO2.2Rh/c6*2-1-3;;/h6*(H,2,3);;/q6*-1;2*+3. The van der Waals surface area contributed by atoms with Crippen LogP contribution in [0.25, 0.3) is 0 Å². The molecule has 12 nitrogen and oxygen atoms in total. The Morgan fingerprint density at radius 2 is 0.350 bits per heavy atom. The Morgan fingerprint density at radius 3 is 0.350 bits per heavy atom. The number of aliphatic hydroxyl groups excluding tert-OH is 6. The zero-order valence-corrected chi connectivity index (χ0v) is 12.1. The van der Waals surface area contributed by atoms with Crippen LogP contribution in [0.2, 0.25) is 0 Å². The molecule has 0 saturated heterocycles. The predicted octanol–water partition coefficient (Wildman–Crippen LogP) is -2.34. The van der Waals surface area contributed by atoms with Crippen LogP contribution in [0.3, 0.4) is 0 Å². The van der Waals surface area contributed by atoms with E-state index in [-0.39, 0.29) is 39.0 Å². The van der Waals surface area contributed by atoms with E-state index in [9.17, 15) is 0 Å². The Kier molecular flexibility index (Phi) is 692. The maximum atomic E-state index is 8.24. The molecule has 0 radical (unpaired) electrons. The third-order valence-electron chi connectivity index (χ3n) is 0. The van der Waals surface area contributed by atoms with Gasteiger partial charge in [-0.25, -0.2) is 0 Å². The molecule has 6 N–H and O–H groups in total. The molecular formula is C6H6O12Rh2. The quantitative estimate of drug-likeness (QED) is 0.160. The normalized spacial score (nSPS) is 3.60. The maximum Gasteiger partial charge on any atom is 3.00 e. The molecule has 0 saturated carbocycles. The first kappa shape index (κ1) is 51.9. The smallest absolute Gasteiger partial charge is 0.665 e. The molecule has 0 unspecified atom stereocenters. The molecule has 20 heavy (non-hydrogen) atoms. The van der Waals surface area contributed by atoms with Gasteiger partial charge in [0.1, 0.15) is 0 Å². The van der Waals surface area contributed by atoms with Crippen molar-refractivity contribution in [2.24, 2.45) is 0 Å². The van der Waals surface area contributed by atoms with Gasteiger partial charge in [-0.05, 0) is 0 Å². The number of rotatable bonds is 0. The Labute approximate surface area is 137 Å². The SMILES string of the molecule is O=[C-]O.O=[C-]O.O=[C-]O.O=[C-]O.O=[C-]O.O=[C-]O.[Rh+3].[Rh+3]. The summed E-state index contributed by atoms with van der Waals surface area (Å²) in [4.78, 5) is 49.4. The molecule has 0 amide bonds. The van der Waals surface area contributed by atoms with E-state index in [4.69, 9.17) is 59.4 Å². The largest absolute Gasteiger partial charge is 3.00 e. The van der Waals surface area contributed by atoms with Crippen molar-refractivity contribution in [3.63, 3.8) is 0 Å². The van der Waals surface area contributed by atoms with Crippen LogP contribution >= 0.6 is 0 Å². The molecule has 120 valence electrons. The minimum atomic E-state index is 0. The molecular weight excluding hydrogens is 470 g/mol. The van der Waals surface area contributed by atoms with Crippen molar-refractivity contribution >= 4 is 38.8 Å². The van der Waals surface area contributed by atoms with Gasteiger partial charge in [-0.1, -0.05) is 38.8 Å². The van der Waals surface area contributed by atoms with Crippen LogP contribution in [-0.4, -0.2) is 69.5 Å². The van der Waals surface area contributed by atoms with Crippen molar-refractivity contribution in [2.75, 3.05) is 0 Å². The van der Waals surface area contributed by atoms with E-state index in [0.29, 0.717) is 38.8 Å². The average molecular weight is 476 g/mol. The number of hydrogen-bond acceptors (Lipinski definition) is 6. The summed E-state index contributed by atoms with van der Waals surface area (Å²) in [5, 5.41) is 40.6. The predicted molar refractivity (Wildman–Crippen MR) is 49.9 cm³/mol. The number of hydrogen-bond donors (Lipinski definition) is 6. The summed E-state index contributed by atoms with van der Waals surface area (Å²) in [7, 11) is 0. The van der Waals surface area contributed by atoms with Crippen molar-refractivity contribution in [3.05, 3.63) is 0 Å². The van der Waals surface area contributed by atoms with E-state index in [0.717, 1.165) is 0 Å². The van der Waals surface area contributed by atoms with Gasteiger partial charge in [-0.2, -0.15) is 0 Å². The van der Waals surface area contributed by atoms with Crippen molar-refractivity contribution < 1.29 is 98.4 Å². The summed E-state index contributed by atoms with van der Waals surface area (Å²) >= 11 is 0. The van der Waals surface area contributed by atoms with Crippen molar-refractivity contribution in [1.82, 2.24) is 0 Å². The molecule has 0 atom stereocenters. The first-order chi connectivity index (χ1) is 8.49. The van der Waals surface area contributed by atoms with Gasteiger partial charge >= 0.3 is 39.0 Å². The third kappa shape index (κ3) is 976. The van der Waals surface area contributed by atoms with E-state index >= 15 is 0 Å². The summed E-state index contributed by atoms with van der Waals surface area (Å²) in [6.07, 6.45) is 0. The second-order valence-corrected chi connectivity index (χ2v) is 0.548. The summed E-state index contributed by atoms with van der Waals surface area (Å²) < 4.78 is 0. The topological polar surface area (TPSA) is 224 Å². The van der Waals surface area contributed by atoms with Crippen LogP contribution in [0.5, 0.6) is 0 Å². The van der Waals surface area contributed by atoms with Gasteiger partial charge in [-0.15, -0.1) is 0 Å². The third-order valence-corrected chi connectivity index (χ3v) is 0. The first-order valence-corrected chi connectivity index (χ1v) is 2.57. The maximum absolute atomic E-state index is 8.24. The molecule has 0 aromatic carbocycles. The van der Waals surface area contributed by atoms with Crippen LogP contribution in [0, 0.1) is 0 Å². The zero-order chi connectivity index (χ0) is 16.2. The second kappa shape index (κ2) is 266. The Morgan fingerprint density at radius 1 is 0.350 bits per heavy atom. The fraction of sp³-hybridized carbons (Fsp3) is 0. The molecule has 0 spiro atoms. The molecule has 0 aromatic heterocycles. The average Bonchev–Trinajstić information content (AvgIpc) is 2.23. The van der Waals surface area contributed by atoms with E-state index in [2.05, 4.69) is 0 Å². The summed E-state index contributed by atoms with van der Waals surface area (Å²) in [5.41, 5.74) is 0. The zero-order valence-electron chi connectivity index (χ0n) is 8.80. The molecule has 0 aromatic rings. The molecule has 0 heterocycles. The fourth-order valence-electron chi connectivity index (χ4n) is 0. The van der Waals surface area contributed by atoms with E-state index in [1.807, 2.05) is 0 Å². The van der Waals surface area contributed by atoms with Crippen LogP contribution in [0.4, 0.5) is 0 Å². The molecule has 14 heteroatoms.